The quantitative estimate of drug-likeness (QED) is 0.902. The fraction of sp³-hybridized carbons (Fsp3) is 0.154. The molecule has 17 heavy (non-hydrogen) atoms. The molecule has 0 spiro atoms. The van der Waals surface area contributed by atoms with Crippen molar-refractivity contribution in [2.24, 2.45) is 0 Å². The van der Waals surface area contributed by atoms with Crippen molar-refractivity contribution < 1.29 is 14.6 Å². The van der Waals surface area contributed by atoms with E-state index in [1.165, 1.54) is 11.3 Å². The Morgan fingerprint density at radius 2 is 2.12 bits per heavy atom. The molecule has 88 valence electrons. The van der Waals surface area contributed by atoms with Crippen LogP contribution in [0, 0.1) is 6.92 Å². The third-order valence-electron chi connectivity index (χ3n) is 2.47. The van der Waals surface area contributed by atoms with E-state index in [9.17, 15) is 4.79 Å². The average molecular weight is 248 g/mol. The Kier molecular flexibility index (Phi) is 3.44. The number of aromatic carboxylic acids is 1. The maximum absolute atomic E-state index is 10.9. The Labute approximate surface area is 103 Å². The molecule has 0 unspecified atom stereocenters. The Hall–Kier alpha value is -1.81. The van der Waals surface area contributed by atoms with Crippen LogP contribution in [0.1, 0.15) is 20.8 Å². The minimum absolute atomic E-state index is 0.249. The summed E-state index contributed by atoms with van der Waals surface area (Å²) < 4.78 is 5.53. The molecule has 0 aliphatic rings. The van der Waals surface area contributed by atoms with Gasteiger partial charge in [0.05, 0.1) is 0 Å². The molecule has 3 nitrogen and oxygen atoms in total. The Morgan fingerprint density at radius 3 is 2.82 bits per heavy atom. The maximum Gasteiger partial charge on any atom is 0.349 e. The van der Waals surface area contributed by atoms with Gasteiger partial charge in [-0.15, -0.1) is 11.3 Å². The minimum atomic E-state index is -0.945. The van der Waals surface area contributed by atoms with Crippen LogP contribution >= 0.6 is 11.3 Å². The number of carbonyl (C=O) groups is 1. The van der Waals surface area contributed by atoms with Crippen molar-refractivity contribution in [3.8, 4) is 5.75 Å². The number of rotatable bonds is 4. The molecule has 4 heteroatoms. The number of carboxylic acids is 1. The lowest BCUT2D eigenvalue weighted by atomic mass is 10.1. The van der Waals surface area contributed by atoms with E-state index in [1.54, 1.807) is 11.4 Å². The van der Waals surface area contributed by atoms with E-state index >= 15 is 0 Å². The van der Waals surface area contributed by atoms with Gasteiger partial charge in [-0.25, -0.2) is 4.79 Å². The summed E-state index contributed by atoms with van der Waals surface area (Å²) in [5, 5.41) is 10.7. The van der Waals surface area contributed by atoms with Crippen molar-refractivity contribution in [1.82, 2.24) is 0 Å². The lowest BCUT2D eigenvalue weighted by Gasteiger charge is -2.07. The van der Waals surface area contributed by atoms with Crippen molar-refractivity contribution in [1.29, 1.82) is 0 Å². The summed E-state index contributed by atoms with van der Waals surface area (Å²) in [7, 11) is 0. The van der Waals surface area contributed by atoms with Gasteiger partial charge in [-0.2, -0.15) is 0 Å². The standard InChI is InChI=1S/C13H12O3S/c1-9-4-2-3-5-10(9)8-16-11-6-7-17-12(11)13(14)15/h2-7H,8H2,1H3,(H,14,15). The summed E-state index contributed by atoms with van der Waals surface area (Å²) in [6.07, 6.45) is 0. The predicted octanol–water partition coefficient (Wildman–Crippen LogP) is 3.33. The first kappa shape index (κ1) is 11.7. The largest absolute Gasteiger partial charge is 0.487 e. The molecule has 1 aromatic heterocycles. The lowest BCUT2D eigenvalue weighted by molar-refractivity contribution is 0.0697. The van der Waals surface area contributed by atoms with Crippen molar-refractivity contribution in [2.45, 2.75) is 13.5 Å². The molecule has 2 aromatic rings. The molecule has 0 aliphatic heterocycles. The molecule has 0 radical (unpaired) electrons. The summed E-state index contributed by atoms with van der Waals surface area (Å²) in [6.45, 7) is 2.40. The van der Waals surface area contributed by atoms with Crippen LogP contribution in [-0.4, -0.2) is 11.1 Å². The number of hydrogen-bond donors (Lipinski definition) is 1. The molecule has 1 heterocycles. The van der Waals surface area contributed by atoms with Crippen molar-refractivity contribution in [2.75, 3.05) is 0 Å². The molecule has 0 bridgehead atoms. The van der Waals surface area contributed by atoms with Crippen LogP contribution in [0.5, 0.6) is 5.75 Å². The van der Waals surface area contributed by atoms with Gasteiger partial charge in [-0.1, -0.05) is 24.3 Å². The molecular weight excluding hydrogens is 236 g/mol. The Morgan fingerprint density at radius 1 is 1.35 bits per heavy atom. The first-order valence-electron chi connectivity index (χ1n) is 5.16. The van der Waals surface area contributed by atoms with Crippen molar-refractivity contribution >= 4 is 17.3 Å². The first-order valence-corrected chi connectivity index (χ1v) is 6.04. The number of thiophene rings is 1. The fourth-order valence-electron chi connectivity index (χ4n) is 1.49. The van der Waals surface area contributed by atoms with Gasteiger partial charge >= 0.3 is 5.97 Å². The Balaban J connectivity index is 2.10. The lowest BCUT2D eigenvalue weighted by Crippen LogP contribution is -2.01. The maximum atomic E-state index is 10.9. The summed E-state index contributed by atoms with van der Waals surface area (Å²) >= 11 is 1.17. The number of aryl methyl sites for hydroxylation is 1. The second kappa shape index (κ2) is 5.01. The Bertz CT molecular complexity index is 531. The number of benzene rings is 1. The zero-order valence-corrected chi connectivity index (χ0v) is 10.2. The highest BCUT2D eigenvalue weighted by molar-refractivity contribution is 7.12. The van der Waals surface area contributed by atoms with E-state index in [2.05, 4.69) is 0 Å². The predicted molar refractivity (Wildman–Crippen MR) is 66.8 cm³/mol. The number of hydrogen-bond acceptors (Lipinski definition) is 3. The molecule has 0 saturated carbocycles. The van der Waals surface area contributed by atoms with Crippen LogP contribution < -0.4 is 4.74 Å². The number of ether oxygens (including phenoxy) is 1. The molecule has 2 rings (SSSR count). The van der Waals surface area contributed by atoms with E-state index in [0.717, 1.165) is 11.1 Å². The molecule has 1 N–H and O–H groups in total. The van der Waals surface area contributed by atoms with Gasteiger partial charge in [0.15, 0.2) is 4.88 Å². The molecule has 0 fully saturated rings. The summed E-state index contributed by atoms with van der Waals surface area (Å²) in [4.78, 5) is 11.1. The van der Waals surface area contributed by atoms with Gasteiger partial charge in [0, 0.05) is 0 Å². The first-order chi connectivity index (χ1) is 8.18. The molecule has 1 aromatic carbocycles. The van der Waals surface area contributed by atoms with Crippen LogP contribution in [0.3, 0.4) is 0 Å². The highest BCUT2D eigenvalue weighted by Gasteiger charge is 2.12. The molecule has 0 atom stereocenters. The van der Waals surface area contributed by atoms with E-state index in [-0.39, 0.29) is 4.88 Å². The van der Waals surface area contributed by atoms with Gasteiger partial charge < -0.3 is 9.84 Å². The van der Waals surface area contributed by atoms with E-state index in [0.29, 0.717) is 12.4 Å². The van der Waals surface area contributed by atoms with Crippen LogP contribution in [0.2, 0.25) is 0 Å². The highest BCUT2D eigenvalue weighted by atomic mass is 32.1. The SMILES string of the molecule is Cc1ccccc1COc1ccsc1C(=O)O. The normalized spacial score (nSPS) is 10.2. The minimum Gasteiger partial charge on any atom is -0.487 e. The van der Waals surface area contributed by atoms with Gasteiger partial charge in [0.2, 0.25) is 0 Å². The van der Waals surface area contributed by atoms with Crippen LogP contribution in [0.25, 0.3) is 0 Å². The molecule has 0 amide bonds. The second-order valence-electron chi connectivity index (χ2n) is 3.63. The van der Waals surface area contributed by atoms with Gasteiger partial charge in [-0.3, -0.25) is 0 Å². The molecular formula is C13H12O3S. The fourth-order valence-corrected chi connectivity index (χ4v) is 2.17. The van der Waals surface area contributed by atoms with E-state index in [4.69, 9.17) is 9.84 Å². The van der Waals surface area contributed by atoms with Gasteiger partial charge in [0.25, 0.3) is 0 Å². The zero-order chi connectivity index (χ0) is 12.3. The highest BCUT2D eigenvalue weighted by Crippen LogP contribution is 2.25. The average Bonchev–Trinajstić information content (AvgIpc) is 2.76. The second-order valence-corrected chi connectivity index (χ2v) is 4.55. The van der Waals surface area contributed by atoms with Crippen LogP contribution in [0.4, 0.5) is 0 Å². The third kappa shape index (κ3) is 2.65. The molecule has 0 saturated heterocycles. The van der Waals surface area contributed by atoms with Gasteiger partial charge in [-0.05, 0) is 29.5 Å². The molecule has 0 aliphatic carbocycles. The van der Waals surface area contributed by atoms with Gasteiger partial charge in [0.1, 0.15) is 12.4 Å². The summed E-state index contributed by atoms with van der Waals surface area (Å²) in [5.41, 5.74) is 2.20. The van der Waals surface area contributed by atoms with E-state index < -0.39 is 5.97 Å². The van der Waals surface area contributed by atoms with Crippen molar-refractivity contribution in [3.05, 3.63) is 51.7 Å². The van der Waals surface area contributed by atoms with E-state index in [1.807, 2.05) is 31.2 Å². The van der Waals surface area contributed by atoms with Crippen molar-refractivity contribution in [3.63, 3.8) is 0 Å². The third-order valence-corrected chi connectivity index (χ3v) is 3.35. The number of carboxylic acid groups (broad SMARTS) is 1. The summed E-state index contributed by atoms with van der Waals surface area (Å²) in [5.74, 6) is -0.509. The summed E-state index contributed by atoms with van der Waals surface area (Å²) in [6, 6.07) is 9.57. The topological polar surface area (TPSA) is 46.5 Å². The van der Waals surface area contributed by atoms with Crippen LogP contribution in [0.15, 0.2) is 35.7 Å². The van der Waals surface area contributed by atoms with Crippen LogP contribution in [-0.2, 0) is 6.61 Å². The zero-order valence-electron chi connectivity index (χ0n) is 9.34. The smallest absolute Gasteiger partial charge is 0.349 e. The monoisotopic (exact) mass is 248 g/mol.